The van der Waals surface area contributed by atoms with Crippen molar-refractivity contribution in [3.05, 3.63) is 101 Å². The Hall–Kier alpha value is -2.98. The number of rotatable bonds is 12. The van der Waals surface area contributed by atoms with E-state index in [1.807, 2.05) is 0 Å². The van der Waals surface area contributed by atoms with Crippen LogP contribution in [0.15, 0.2) is 79.1 Å². The van der Waals surface area contributed by atoms with E-state index in [0.717, 1.165) is 13.1 Å². The first-order valence-electron chi connectivity index (χ1n) is 13.8. The third-order valence-electron chi connectivity index (χ3n) is 6.89. The smallest absolute Gasteiger partial charge is 0.373 e. The van der Waals surface area contributed by atoms with E-state index < -0.39 is 0 Å². The first-order chi connectivity index (χ1) is 17.7. The normalized spacial score (nSPS) is 11.6. The molecular weight excluding hydrogens is 449 g/mol. The molecule has 4 heteroatoms. The molecule has 0 spiro atoms. The molecule has 0 heterocycles. The topological polar surface area (TPSA) is 27.3 Å². The molecule has 3 rings (SSSR count). The van der Waals surface area contributed by atoms with E-state index in [1.54, 1.807) is 0 Å². The zero-order valence-corrected chi connectivity index (χ0v) is 24.2. The van der Waals surface area contributed by atoms with Crippen molar-refractivity contribution in [1.29, 1.82) is 0 Å². The Morgan fingerprint density at radius 1 is 0.811 bits per heavy atom. The van der Waals surface area contributed by atoms with Gasteiger partial charge in [-0.2, -0.15) is 0 Å². The Bertz CT molecular complexity index is 1120. The summed E-state index contributed by atoms with van der Waals surface area (Å²) in [4.78, 5) is 2.24. The first kappa shape index (κ1) is 28.6. The van der Waals surface area contributed by atoms with Gasteiger partial charge in [0.25, 0.3) is 0 Å². The van der Waals surface area contributed by atoms with Gasteiger partial charge in [-0.15, -0.1) is 0 Å². The van der Waals surface area contributed by atoms with Crippen LogP contribution in [0, 0.1) is 12.8 Å². The second kappa shape index (κ2) is 13.5. The first-order valence-corrected chi connectivity index (χ1v) is 13.8. The van der Waals surface area contributed by atoms with E-state index in [9.17, 15) is 0 Å². The molecule has 3 nitrogen and oxygen atoms in total. The van der Waals surface area contributed by atoms with E-state index in [2.05, 4.69) is 150 Å². The van der Waals surface area contributed by atoms with E-state index in [-0.39, 0.29) is 6.98 Å². The van der Waals surface area contributed by atoms with E-state index in [0.29, 0.717) is 17.8 Å². The van der Waals surface area contributed by atoms with Gasteiger partial charge < -0.3 is 15.4 Å². The number of nitrogens with one attached hydrogen (secondary N) is 2. The molecule has 3 aromatic carbocycles. The highest BCUT2D eigenvalue weighted by Crippen LogP contribution is 2.28. The lowest BCUT2D eigenvalue weighted by atomic mass is 9.60. The lowest BCUT2D eigenvalue weighted by Crippen LogP contribution is -2.57. The Morgan fingerprint density at radius 3 is 1.97 bits per heavy atom. The minimum atomic E-state index is 0.0325. The Kier molecular flexibility index (Phi) is 10.5. The summed E-state index contributed by atoms with van der Waals surface area (Å²) in [5.41, 5.74) is 9.44. The molecule has 3 aromatic rings. The molecule has 0 aliphatic carbocycles. The van der Waals surface area contributed by atoms with Crippen molar-refractivity contribution < 1.29 is 0 Å². The van der Waals surface area contributed by atoms with Crippen molar-refractivity contribution in [3.8, 4) is 11.1 Å². The zero-order chi connectivity index (χ0) is 26.9. The molecular formula is C33H46BN3. The fraction of sp³-hybridized carbons (Fsp3) is 0.394. The van der Waals surface area contributed by atoms with Crippen molar-refractivity contribution in [2.24, 2.45) is 5.92 Å². The molecule has 0 saturated heterocycles. The molecule has 0 aliphatic rings. The molecule has 0 bridgehead atoms. The maximum atomic E-state index is 3.84. The highest BCUT2D eigenvalue weighted by molar-refractivity contribution is 6.70. The van der Waals surface area contributed by atoms with Crippen LogP contribution in [0.5, 0.6) is 0 Å². The lowest BCUT2D eigenvalue weighted by Gasteiger charge is -2.27. The van der Waals surface area contributed by atoms with Crippen LogP contribution in [0.3, 0.4) is 0 Å². The molecule has 2 N–H and O–H groups in total. The standard InChI is InChI=1S/C33H46BN3/c1-24(2)22-36-34(35-18-19-37(8)23-29-17-13-12-14-27(29)7)33-31(25(3)4)20-30(21-32(33)26(5)6)28-15-10-9-11-16-28/h9-21,24-26,35-36H,22-23H2,1-8H3/b19-18-. The van der Waals surface area contributed by atoms with Gasteiger partial charge >= 0.3 is 6.98 Å². The summed E-state index contributed by atoms with van der Waals surface area (Å²) in [6.45, 7) is 17.8. The molecule has 0 radical (unpaired) electrons. The largest absolute Gasteiger partial charge is 0.415 e. The van der Waals surface area contributed by atoms with Crippen molar-refractivity contribution in [2.75, 3.05) is 13.6 Å². The van der Waals surface area contributed by atoms with Crippen LogP contribution in [-0.4, -0.2) is 25.5 Å². The summed E-state index contributed by atoms with van der Waals surface area (Å²) in [6, 6.07) is 24.2. The summed E-state index contributed by atoms with van der Waals surface area (Å²) in [7, 11) is 2.13. The predicted octanol–water partition coefficient (Wildman–Crippen LogP) is 7.04. The summed E-state index contributed by atoms with van der Waals surface area (Å²) in [5.74, 6) is 1.38. The molecule has 0 fully saturated rings. The molecule has 37 heavy (non-hydrogen) atoms. The van der Waals surface area contributed by atoms with Crippen LogP contribution in [0.4, 0.5) is 0 Å². The van der Waals surface area contributed by atoms with Gasteiger partial charge in [-0.3, -0.25) is 0 Å². The molecule has 0 saturated carbocycles. The van der Waals surface area contributed by atoms with Crippen LogP contribution in [-0.2, 0) is 6.54 Å². The number of hydrogen-bond acceptors (Lipinski definition) is 3. The summed E-state index contributed by atoms with van der Waals surface area (Å²) >= 11 is 0. The van der Waals surface area contributed by atoms with Crippen molar-refractivity contribution in [3.63, 3.8) is 0 Å². The van der Waals surface area contributed by atoms with E-state index in [4.69, 9.17) is 0 Å². The van der Waals surface area contributed by atoms with E-state index >= 15 is 0 Å². The monoisotopic (exact) mass is 495 g/mol. The Morgan fingerprint density at radius 2 is 1.41 bits per heavy atom. The third-order valence-corrected chi connectivity index (χ3v) is 6.89. The fourth-order valence-corrected chi connectivity index (χ4v) is 4.76. The maximum absolute atomic E-state index is 3.84. The molecule has 196 valence electrons. The van der Waals surface area contributed by atoms with Gasteiger partial charge in [0, 0.05) is 26.0 Å². The maximum Gasteiger partial charge on any atom is 0.373 e. The zero-order valence-electron chi connectivity index (χ0n) is 24.2. The Labute approximate surface area is 226 Å². The second-order valence-corrected chi connectivity index (χ2v) is 11.3. The van der Waals surface area contributed by atoms with Crippen molar-refractivity contribution >= 4 is 12.4 Å². The third kappa shape index (κ3) is 8.00. The summed E-state index contributed by atoms with van der Waals surface area (Å²) in [5, 5.41) is 7.58. The minimum absolute atomic E-state index is 0.0325. The lowest BCUT2D eigenvalue weighted by molar-refractivity contribution is 0.448. The van der Waals surface area contributed by atoms with Gasteiger partial charge in [-0.05, 0) is 70.1 Å². The SMILES string of the molecule is Cc1ccccc1CN(C)/C=C\NB(NCC(C)C)c1c(C(C)C)cc(-c2ccccc2)cc1C(C)C. The molecule has 0 unspecified atom stereocenters. The fourth-order valence-electron chi connectivity index (χ4n) is 4.76. The van der Waals surface area contributed by atoms with Crippen molar-refractivity contribution in [2.45, 2.75) is 66.8 Å². The van der Waals surface area contributed by atoms with E-state index in [1.165, 1.54) is 38.8 Å². The summed E-state index contributed by atoms with van der Waals surface area (Å²) in [6.07, 6.45) is 4.26. The number of benzene rings is 3. The summed E-state index contributed by atoms with van der Waals surface area (Å²) < 4.78 is 0. The molecule has 0 amide bonds. The van der Waals surface area contributed by atoms with Crippen LogP contribution in [0.2, 0.25) is 0 Å². The predicted molar refractivity (Wildman–Crippen MR) is 163 cm³/mol. The van der Waals surface area contributed by atoms with Crippen molar-refractivity contribution in [1.82, 2.24) is 15.4 Å². The quantitative estimate of drug-likeness (QED) is 0.264. The second-order valence-electron chi connectivity index (χ2n) is 11.3. The molecule has 0 atom stereocenters. The minimum Gasteiger partial charge on any atom is -0.415 e. The van der Waals surface area contributed by atoms with Gasteiger partial charge in [0.05, 0.1) is 0 Å². The molecule has 0 aromatic heterocycles. The van der Waals surface area contributed by atoms with Gasteiger partial charge in [0.15, 0.2) is 0 Å². The Balaban J connectivity index is 1.96. The molecule has 0 aliphatic heterocycles. The average Bonchev–Trinajstić information content (AvgIpc) is 2.87. The van der Waals surface area contributed by atoms with Crippen LogP contribution in [0.25, 0.3) is 11.1 Å². The van der Waals surface area contributed by atoms with Crippen LogP contribution < -0.4 is 15.9 Å². The number of nitrogens with zero attached hydrogens (tertiary/aromatic N) is 1. The van der Waals surface area contributed by atoms with Gasteiger partial charge in [-0.1, -0.05) is 108 Å². The average molecular weight is 496 g/mol. The number of aryl methyl sites for hydroxylation is 1. The number of hydrogen-bond donors (Lipinski definition) is 2. The van der Waals surface area contributed by atoms with Crippen LogP contribution in [0.1, 0.15) is 75.6 Å². The van der Waals surface area contributed by atoms with Gasteiger partial charge in [0.2, 0.25) is 0 Å². The van der Waals surface area contributed by atoms with Gasteiger partial charge in [-0.25, -0.2) is 0 Å². The highest BCUT2D eigenvalue weighted by Gasteiger charge is 2.27. The van der Waals surface area contributed by atoms with Gasteiger partial charge in [0.1, 0.15) is 0 Å². The highest BCUT2D eigenvalue weighted by atomic mass is 15.1. The van der Waals surface area contributed by atoms with Crippen LogP contribution >= 0.6 is 0 Å².